The highest BCUT2D eigenvalue weighted by Crippen LogP contribution is 2.27. The third kappa shape index (κ3) is 4.05. The van der Waals surface area contributed by atoms with Crippen molar-refractivity contribution in [2.75, 3.05) is 24.7 Å². The van der Waals surface area contributed by atoms with Crippen LogP contribution in [-0.2, 0) is 14.8 Å². The van der Waals surface area contributed by atoms with Crippen LogP contribution in [0.15, 0.2) is 28.8 Å². The Morgan fingerprint density at radius 2 is 2.12 bits per heavy atom. The smallest absolute Gasteiger partial charge is 0.228 e. The van der Waals surface area contributed by atoms with E-state index in [1.807, 2.05) is 6.07 Å². The van der Waals surface area contributed by atoms with Crippen molar-refractivity contribution in [1.29, 1.82) is 0 Å². The number of aromatic nitrogens is 2. The monoisotopic (exact) mass is 364 g/mol. The van der Waals surface area contributed by atoms with Gasteiger partial charge in [-0.2, -0.15) is 4.98 Å². The second kappa shape index (κ2) is 6.93. The summed E-state index contributed by atoms with van der Waals surface area (Å²) in [7, 11) is -3.29. The van der Waals surface area contributed by atoms with Gasteiger partial charge in [0.15, 0.2) is 0 Å². The molecule has 134 valence electrons. The van der Waals surface area contributed by atoms with Crippen molar-refractivity contribution >= 4 is 21.6 Å². The largest absolute Gasteiger partial charge is 0.339 e. The number of amides is 1. The molecule has 1 N–H and O–H groups in total. The number of hydrogen-bond donors (Lipinski definition) is 1. The molecule has 2 aromatic rings. The van der Waals surface area contributed by atoms with Crippen LogP contribution in [-0.4, -0.2) is 48.1 Å². The van der Waals surface area contributed by atoms with Crippen molar-refractivity contribution in [3.8, 4) is 11.4 Å². The summed E-state index contributed by atoms with van der Waals surface area (Å²) < 4.78 is 29.8. The van der Waals surface area contributed by atoms with E-state index in [1.165, 1.54) is 10.6 Å². The molecule has 1 atom stereocenters. The number of para-hydroxylation sites is 1. The number of nitrogens with zero attached hydrogens (tertiary/aromatic N) is 3. The van der Waals surface area contributed by atoms with Crippen molar-refractivity contribution in [3.05, 3.63) is 30.2 Å². The highest BCUT2D eigenvalue weighted by Gasteiger charge is 2.30. The molecule has 1 saturated heterocycles. The lowest BCUT2D eigenvalue weighted by atomic mass is 9.98. The molecule has 1 unspecified atom stereocenters. The number of hydrogen-bond acceptors (Lipinski definition) is 6. The first-order valence-corrected chi connectivity index (χ1v) is 9.85. The molecule has 0 aliphatic carbocycles. The topological polar surface area (TPSA) is 105 Å². The van der Waals surface area contributed by atoms with Crippen LogP contribution >= 0.6 is 0 Å². The van der Waals surface area contributed by atoms with Crippen molar-refractivity contribution in [1.82, 2.24) is 14.4 Å². The number of carbonyl (C=O) groups excluding carboxylic acids is 1. The molecule has 0 radical (unpaired) electrons. The number of carbonyl (C=O) groups is 1. The summed E-state index contributed by atoms with van der Waals surface area (Å²) in [6.07, 6.45) is 2.49. The summed E-state index contributed by atoms with van der Waals surface area (Å²) in [6, 6.07) is 7.18. The molecule has 1 aromatic heterocycles. The van der Waals surface area contributed by atoms with Crippen LogP contribution in [0.3, 0.4) is 0 Å². The Bertz CT molecular complexity index is 878. The Kier molecular flexibility index (Phi) is 4.87. The van der Waals surface area contributed by atoms with Gasteiger partial charge in [0.05, 0.1) is 17.9 Å². The van der Waals surface area contributed by atoms with E-state index in [1.54, 1.807) is 25.1 Å². The SMILES string of the molecule is Cc1nc(-c2ccccc2NC(=O)C2CCCN(S(C)(=O)=O)C2)no1. The summed E-state index contributed by atoms with van der Waals surface area (Å²) in [6.45, 7) is 2.36. The minimum atomic E-state index is -3.29. The van der Waals surface area contributed by atoms with Gasteiger partial charge >= 0.3 is 0 Å². The Morgan fingerprint density at radius 3 is 2.80 bits per heavy atom. The second-order valence-corrected chi connectivity index (χ2v) is 8.11. The van der Waals surface area contributed by atoms with Gasteiger partial charge in [0.25, 0.3) is 0 Å². The fourth-order valence-corrected chi connectivity index (χ4v) is 3.80. The first-order valence-electron chi connectivity index (χ1n) is 8.00. The molecule has 3 rings (SSSR count). The fraction of sp³-hybridized carbons (Fsp3) is 0.438. The summed E-state index contributed by atoms with van der Waals surface area (Å²) in [4.78, 5) is 16.8. The van der Waals surface area contributed by atoms with Crippen molar-refractivity contribution in [3.63, 3.8) is 0 Å². The van der Waals surface area contributed by atoms with E-state index in [2.05, 4.69) is 15.5 Å². The van der Waals surface area contributed by atoms with Crippen LogP contribution in [0.4, 0.5) is 5.69 Å². The third-order valence-corrected chi connectivity index (χ3v) is 5.45. The molecule has 25 heavy (non-hydrogen) atoms. The standard InChI is InChI=1S/C16H20N4O4S/c1-11-17-15(19-24-11)13-7-3-4-8-14(13)18-16(21)12-6-5-9-20(10-12)25(2,22)23/h3-4,7-8,12H,5-6,9-10H2,1-2H3,(H,18,21). The van der Waals surface area contributed by atoms with Crippen LogP contribution in [0.1, 0.15) is 18.7 Å². The van der Waals surface area contributed by atoms with Crippen LogP contribution < -0.4 is 5.32 Å². The van der Waals surface area contributed by atoms with E-state index in [0.717, 1.165) is 0 Å². The Hall–Kier alpha value is -2.26. The number of nitrogens with one attached hydrogen (secondary N) is 1. The van der Waals surface area contributed by atoms with Crippen LogP contribution in [0.5, 0.6) is 0 Å². The molecule has 0 bridgehead atoms. The first-order chi connectivity index (χ1) is 11.8. The van der Waals surface area contributed by atoms with E-state index in [4.69, 9.17) is 4.52 Å². The van der Waals surface area contributed by atoms with Gasteiger partial charge in [-0.1, -0.05) is 17.3 Å². The number of sulfonamides is 1. The number of piperidine rings is 1. The Labute approximate surface area is 146 Å². The van der Waals surface area contributed by atoms with E-state index in [-0.39, 0.29) is 18.4 Å². The third-order valence-electron chi connectivity index (χ3n) is 4.18. The molecule has 0 spiro atoms. The summed E-state index contributed by atoms with van der Waals surface area (Å²) >= 11 is 0. The minimum Gasteiger partial charge on any atom is -0.339 e. The van der Waals surface area contributed by atoms with Crippen LogP contribution in [0.2, 0.25) is 0 Å². The lowest BCUT2D eigenvalue weighted by Gasteiger charge is -2.30. The minimum absolute atomic E-state index is 0.203. The zero-order valence-corrected chi connectivity index (χ0v) is 14.9. The van der Waals surface area contributed by atoms with Crippen molar-refractivity contribution in [2.24, 2.45) is 5.92 Å². The van der Waals surface area contributed by atoms with Gasteiger partial charge in [0, 0.05) is 25.6 Å². The normalized spacial score (nSPS) is 18.9. The van der Waals surface area contributed by atoms with E-state index in [9.17, 15) is 13.2 Å². The van der Waals surface area contributed by atoms with Gasteiger partial charge in [0.1, 0.15) is 0 Å². The molecule has 1 aromatic carbocycles. The van der Waals surface area contributed by atoms with Gasteiger partial charge < -0.3 is 9.84 Å². The first kappa shape index (κ1) is 17.6. The van der Waals surface area contributed by atoms with Crippen LogP contribution in [0.25, 0.3) is 11.4 Å². The predicted octanol–water partition coefficient (Wildman–Crippen LogP) is 1.66. The zero-order chi connectivity index (χ0) is 18.0. The van der Waals surface area contributed by atoms with Gasteiger partial charge in [-0.3, -0.25) is 4.79 Å². The molecule has 9 heteroatoms. The number of anilines is 1. The fourth-order valence-electron chi connectivity index (χ4n) is 2.89. The molecule has 1 aliphatic heterocycles. The Morgan fingerprint density at radius 1 is 1.36 bits per heavy atom. The molecule has 1 amide bonds. The van der Waals surface area contributed by atoms with Crippen LogP contribution in [0, 0.1) is 12.8 Å². The van der Waals surface area contributed by atoms with E-state index >= 15 is 0 Å². The molecule has 1 fully saturated rings. The molecular weight excluding hydrogens is 344 g/mol. The van der Waals surface area contributed by atoms with Crippen molar-refractivity contribution < 1.29 is 17.7 Å². The summed E-state index contributed by atoms with van der Waals surface area (Å²) in [5.74, 6) is 0.242. The van der Waals surface area contributed by atoms with Gasteiger partial charge in [-0.25, -0.2) is 12.7 Å². The van der Waals surface area contributed by atoms with Gasteiger partial charge in [-0.05, 0) is 25.0 Å². The average molecular weight is 364 g/mol. The molecule has 1 aliphatic rings. The molecule has 2 heterocycles. The number of rotatable bonds is 4. The predicted molar refractivity (Wildman–Crippen MR) is 92.2 cm³/mol. The highest BCUT2D eigenvalue weighted by atomic mass is 32.2. The quantitative estimate of drug-likeness (QED) is 0.884. The van der Waals surface area contributed by atoms with E-state index in [0.29, 0.717) is 42.4 Å². The average Bonchev–Trinajstić information content (AvgIpc) is 3.01. The van der Waals surface area contributed by atoms with E-state index < -0.39 is 10.0 Å². The second-order valence-electron chi connectivity index (χ2n) is 6.13. The zero-order valence-electron chi connectivity index (χ0n) is 14.1. The number of benzene rings is 1. The maximum absolute atomic E-state index is 12.6. The maximum Gasteiger partial charge on any atom is 0.228 e. The van der Waals surface area contributed by atoms with Gasteiger partial charge in [0.2, 0.25) is 27.6 Å². The lowest BCUT2D eigenvalue weighted by molar-refractivity contribution is -0.120. The summed E-state index contributed by atoms with van der Waals surface area (Å²) in [5.41, 5.74) is 1.23. The molecule has 8 nitrogen and oxygen atoms in total. The molecule has 0 saturated carbocycles. The Balaban J connectivity index is 1.78. The highest BCUT2D eigenvalue weighted by molar-refractivity contribution is 7.88. The lowest BCUT2D eigenvalue weighted by Crippen LogP contribution is -2.43. The maximum atomic E-state index is 12.6. The van der Waals surface area contributed by atoms with Gasteiger partial charge in [-0.15, -0.1) is 0 Å². The van der Waals surface area contributed by atoms with Crippen molar-refractivity contribution in [2.45, 2.75) is 19.8 Å². The summed E-state index contributed by atoms with van der Waals surface area (Å²) in [5, 5.41) is 6.76. The molecular formula is C16H20N4O4S. The number of aryl methyl sites for hydroxylation is 1.